The second kappa shape index (κ2) is 8.69. The lowest BCUT2D eigenvalue weighted by Crippen LogP contribution is -2.52. The third kappa shape index (κ3) is 4.17. The highest BCUT2D eigenvalue weighted by Crippen LogP contribution is 2.32. The lowest BCUT2D eigenvalue weighted by molar-refractivity contribution is -0.0323. The average Bonchev–Trinajstić information content (AvgIpc) is 3.24. The van der Waals surface area contributed by atoms with Gasteiger partial charge < -0.3 is 30.3 Å². The second-order valence-corrected chi connectivity index (χ2v) is 9.75. The molecule has 0 spiro atoms. The summed E-state index contributed by atoms with van der Waals surface area (Å²) in [4.78, 5) is 24.6. The number of aromatic nitrogens is 3. The van der Waals surface area contributed by atoms with E-state index in [2.05, 4.69) is 57.9 Å². The number of hydrogen-bond acceptors (Lipinski definition) is 8. The molecule has 2 aromatic heterocycles. The highest BCUT2D eigenvalue weighted by atomic mass is 16.5. The first kappa shape index (κ1) is 22.1. The average molecular weight is 478 g/mol. The summed E-state index contributed by atoms with van der Waals surface area (Å²) in [5.41, 5.74) is 5.06. The Balaban J connectivity index is 1.44. The van der Waals surface area contributed by atoms with Crippen molar-refractivity contribution in [1.82, 2.24) is 19.9 Å². The molecule has 3 N–H and O–H groups in total. The summed E-state index contributed by atoms with van der Waals surface area (Å²) in [6, 6.07) is 8.08. The van der Waals surface area contributed by atoms with Crippen LogP contribution in [0.4, 0.5) is 27.7 Å². The van der Waals surface area contributed by atoms with Gasteiger partial charge in [0.2, 0.25) is 0 Å². The summed E-state index contributed by atoms with van der Waals surface area (Å²) < 4.78 is 13.7. The lowest BCUT2D eigenvalue weighted by Gasteiger charge is -2.38. The van der Waals surface area contributed by atoms with Crippen molar-refractivity contribution in [3.05, 3.63) is 36.2 Å². The zero-order chi connectivity index (χ0) is 24.1. The number of amides is 1. The van der Waals surface area contributed by atoms with Gasteiger partial charge in [-0.1, -0.05) is 0 Å². The maximum absolute atomic E-state index is 13.1. The number of anilines is 4. The van der Waals surface area contributed by atoms with Crippen LogP contribution in [0.1, 0.15) is 32.3 Å². The Morgan fingerprint density at radius 3 is 2.69 bits per heavy atom. The normalized spacial score (nSPS) is 26.4. The number of benzene rings is 1. The molecule has 2 fully saturated rings. The number of nitrogens with zero attached hydrogens (tertiary/aromatic N) is 4. The number of nitrogens with one attached hydrogen (secondary N) is 3. The predicted molar refractivity (Wildman–Crippen MR) is 135 cm³/mol. The van der Waals surface area contributed by atoms with Gasteiger partial charge in [-0.05, 0) is 50.5 Å². The Labute approximate surface area is 204 Å². The van der Waals surface area contributed by atoms with Crippen molar-refractivity contribution in [1.29, 1.82) is 0 Å². The van der Waals surface area contributed by atoms with Crippen LogP contribution in [0.2, 0.25) is 0 Å². The molecule has 4 heterocycles. The maximum Gasteiger partial charge on any atom is 0.328 e. The Bertz CT molecular complexity index is 1270. The standard InChI is InChI=1S/C25H31N7O3/c1-14-10-31(11-15(2)35-14)18-7-16-6-17(8-18)28-22-9-20(26-3)23-24(30-22)32(13-27-23)25(33)29-19-4-5-21(19)34-12-16/h6-9,13-15,19,21H,4-5,10-12H2,1-3H3,(H,29,33)(H2,26,28,30)/t14-,15-,19+,21+/m0/s1. The van der Waals surface area contributed by atoms with Crippen molar-refractivity contribution in [2.75, 3.05) is 35.7 Å². The fourth-order valence-electron chi connectivity index (χ4n) is 5.21. The van der Waals surface area contributed by atoms with Crippen LogP contribution >= 0.6 is 0 Å². The van der Waals surface area contributed by atoms with Crippen LogP contribution < -0.4 is 20.9 Å². The van der Waals surface area contributed by atoms with Crippen molar-refractivity contribution in [2.45, 2.75) is 57.6 Å². The molecule has 6 rings (SSSR count). The number of fused-ring (bicyclic) bond motifs is 4. The van der Waals surface area contributed by atoms with Crippen LogP contribution in [0, 0.1) is 0 Å². The molecule has 3 aliphatic rings. The van der Waals surface area contributed by atoms with E-state index in [4.69, 9.17) is 14.5 Å². The minimum Gasteiger partial charge on any atom is -0.386 e. The van der Waals surface area contributed by atoms with Gasteiger partial charge in [-0.15, -0.1) is 0 Å². The predicted octanol–water partition coefficient (Wildman–Crippen LogP) is 3.45. The molecule has 35 heavy (non-hydrogen) atoms. The highest BCUT2D eigenvalue weighted by molar-refractivity contribution is 5.94. The summed E-state index contributed by atoms with van der Waals surface area (Å²) in [5, 5.41) is 9.74. The van der Waals surface area contributed by atoms with Crippen molar-refractivity contribution < 1.29 is 14.3 Å². The van der Waals surface area contributed by atoms with Crippen molar-refractivity contribution >= 4 is 40.1 Å². The first-order chi connectivity index (χ1) is 17.0. The number of imidazole rings is 1. The Morgan fingerprint density at radius 2 is 1.94 bits per heavy atom. The van der Waals surface area contributed by atoms with Crippen LogP contribution in [0.5, 0.6) is 0 Å². The van der Waals surface area contributed by atoms with Gasteiger partial charge in [0.05, 0.1) is 36.6 Å². The molecule has 3 aromatic rings. The largest absolute Gasteiger partial charge is 0.386 e. The Kier molecular flexibility index (Phi) is 5.49. The van der Waals surface area contributed by atoms with Crippen LogP contribution in [0.3, 0.4) is 0 Å². The molecule has 184 valence electrons. The number of hydrogen-bond donors (Lipinski definition) is 3. The summed E-state index contributed by atoms with van der Waals surface area (Å²) in [6.45, 7) is 6.36. The van der Waals surface area contributed by atoms with E-state index in [0.29, 0.717) is 23.6 Å². The van der Waals surface area contributed by atoms with Gasteiger partial charge in [-0.2, -0.15) is 0 Å². The van der Waals surface area contributed by atoms with Gasteiger partial charge in [0.15, 0.2) is 5.65 Å². The molecule has 1 amide bonds. The zero-order valence-corrected chi connectivity index (χ0v) is 20.2. The van der Waals surface area contributed by atoms with Gasteiger partial charge in [0, 0.05) is 37.6 Å². The number of carbonyl (C=O) groups is 1. The van der Waals surface area contributed by atoms with Crippen molar-refractivity contribution in [3.8, 4) is 0 Å². The lowest BCUT2D eigenvalue weighted by atomic mass is 9.89. The second-order valence-electron chi connectivity index (χ2n) is 9.75. The number of ether oxygens (including phenoxy) is 2. The van der Waals surface area contributed by atoms with E-state index in [-0.39, 0.29) is 30.4 Å². The van der Waals surface area contributed by atoms with E-state index in [0.717, 1.165) is 48.6 Å². The minimum atomic E-state index is -0.245. The molecular weight excluding hydrogens is 446 g/mol. The Morgan fingerprint density at radius 1 is 1.11 bits per heavy atom. The molecule has 0 radical (unpaired) electrons. The number of carbonyl (C=O) groups excluding carboxylic acids is 1. The van der Waals surface area contributed by atoms with E-state index < -0.39 is 0 Å². The molecule has 10 heteroatoms. The van der Waals surface area contributed by atoms with Crippen molar-refractivity contribution in [2.24, 2.45) is 0 Å². The van der Waals surface area contributed by atoms with E-state index in [9.17, 15) is 4.79 Å². The summed E-state index contributed by atoms with van der Waals surface area (Å²) in [6.07, 6.45) is 3.64. The minimum absolute atomic E-state index is 0.0171. The molecule has 2 aliphatic heterocycles. The third-order valence-corrected chi connectivity index (χ3v) is 7.01. The molecule has 1 aliphatic carbocycles. The summed E-state index contributed by atoms with van der Waals surface area (Å²) in [5.74, 6) is 0.628. The quantitative estimate of drug-likeness (QED) is 0.516. The monoisotopic (exact) mass is 477 g/mol. The molecule has 4 bridgehead atoms. The Hall–Kier alpha value is -3.37. The van der Waals surface area contributed by atoms with Crippen LogP contribution in [0.25, 0.3) is 11.2 Å². The van der Waals surface area contributed by atoms with E-state index >= 15 is 0 Å². The first-order valence-electron chi connectivity index (χ1n) is 12.3. The SMILES string of the molecule is CNc1cc2nc3c1ncn3C(=O)N[C@@H]1CC[C@H]1OCc1cc(cc(N3C[C@H](C)O[C@@H](C)C3)c1)N2. The smallest absolute Gasteiger partial charge is 0.328 e. The molecule has 10 nitrogen and oxygen atoms in total. The van der Waals surface area contributed by atoms with Crippen LogP contribution in [0.15, 0.2) is 30.6 Å². The fourth-order valence-corrected chi connectivity index (χ4v) is 5.21. The van der Waals surface area contributed by atoms with Gasteiger partial charge in [0.1, 0.15) is 17.7 Å². The van der Waals surface area contributed by atoms with E-state index in [1.165, 1.54) is 10.9 Å². The molecule has 1 aromatic carbocycles. The zero-order valence-electron chi connectivity index (χ0n) is 20.2. The fraction of sp³-hybridized carbons (Fsp3) is 0.480. The first-order valence-corrected chi connectivity index (χ1v) is 12.3. The molecule has 1 saturated heterocycles. The topological polar surface area (TPSA) is 106 Å². The van der Waals surface area contributed by atoms with Gasteiger partial charge in [0.25, 0.3) is 0 Å². The molecule has 4 atom stereocenters. The van der Waals surface area contributed by atoms with Gasteiger partial charge >= 0.3 is 6.03 Å². The molecule has 0 unspecified atom stereocenters. The third-order valence-electron chi connectivity index (χ3n) is 7.01. The number of pyridine rings is 1. The summed E-state index contributed by atoms with van der Waals surface area (Å²) >= 11 is 0. The maximum atomic E-state index is 13.1. The molecule has 1 saturated carbocycles. The van der Waals surface area contributed by atoms with Gasteiger partial charge in [-0.3, -0.25) is 0 Å². The van der Waals surface area contributed by atoms with Gasteiger partial charge in [-0.25, -0.2) is 19.3 Å². The summed E-state index contributed by atoms with van der Waals surface area (Å²) in [7, 11) is 1.84. The van der Waals surface area contributed by atoms with E-state index in [1.807, 2.05) is 13.1 Å². The molecular formula is C25H31N7O3. The van der Waals surface area contributed by atoms with Crippen LogP contribution in [-0.2, 0) is 16.1 Å². The van der Waals surface area contributed by atoms with E-state index in [1.54, 1.807) is 0 Å². The van der Waals surface area contributed by atoms with Crippen molar-refractivity contribution in [3.63, 3.8) is 0 Å². The number of morpholine rings is 1. The highest BCUT2D eigenvalue weighted by Gasteiger charge is 2.34. The number of rotatable bonds is 2. The van der Waals surface area contributed by atoms with Crippen LogP contribution in [-0.4, -0.2) is 65.1 Å².